The Morgan fingerprint density at radius 1 is 1.23 bits per heavy atom. The standard InChI is InChI=1S/C19H25N5O.ClH/c1-2-4-23-16-14(15-20-3-5-24(15)18(23)25)21-17(22-16)19-9-11-6-12(10-19)8-13(19)7-11;/h11-13H,2-10H2,1H3,(H,21,22);1H. The number of rotatable bonds is 3. The van der Waals surface area contributed by atoms with Crippen molar-refractivity contribution in [2.45, 2.75) is 50.9 Å². The number of hydrogen-bond acceptors (Lipinski definition) is 3. The lowest BCUT2D eigenvalue weighted by Crippen LogP contribution is -2.50. The molecule has 1 aromatic rings. The molecule has 1 N–H and O–H groups in total. The molecule has 7 rings (SSSR count). The van der Waals surface area contributed by atoms with Crippen molar-refractivity contribution in [2.75, 3.05) is 24.5 Å². The molecular formula is C19H26ClN5O. The maximum Gasteiger partial charge on any atom is 0.331 e. The van der Waals surface area contributed by atoms with E-state index in [0.717, 1.165) is 53.9 Å². The average Bonchev–Trinajstić information content (AvgIpc) is 3.32. The number of aromatic amines is 1. The summed E-state index contributed by atoms with van der Waals surface area (Å²) in [5, 5.41) is 0. The fourth-order valence-corrected chi connectivity index (χ4v) is 6.64. The van der Waals surface area contributed by atoms with Crippen LogP contribution in [0.5, 0.6) is 0 Å². The van der Waals surface area contributed by atoms with Crippen LogP contribution in [0.2, 0.25) is 0 Å². The van der Waals surface area contributed by atoms with Gasteiger partial charge in [-0.25, -0.2) is 9.78 Å². The zero-order chi connectivity index (χ0) is 16.8. The lowest BCUT2D eigenvalue weighted by atomic mass is 9.75. The van der Waals surface area contributed by atoms with Gasteiger partial charge in [-0.05, 0) is 56.3 Å². The van der Waals surface area contributed by atoms with E-state index in [9.17, 15) is 4.79 Å². The van der Waals surface area contributed by atoms with Gasteiger partial charge in [0, 0.05) is 18.5 Å². The molecule has 4 aliphatic carbocycles. The van der Waals surface area contributed by atoms with Crippen molar-refractivity contribution in [1.29, 1.82) is 0 Å². The van der Waals surface area contributed by atoms with Crippen molar-refractivity contribution < 1.29 is 4.79 Å². The number of H-pyrrole nitrogens is 1. The highest BCUT2D eigenvalue weighted by Crippen LogP contribution is 2.65. The largest absolute Gasteiger partial charge is 0.337 e. The van der Waals surface area contributed by atoms with E-state index in [2.05, 4.69) is 16.9 Å². The number of carbonyl (C=O) groups excluding carboxylic acids is 1. The molecule has 3 heterocycles. The van der Waals surface area contributed by atoms with Crippen LogP contribution in [-0.2, 0) is 5.41 Å². The molecule has 7 heteroatoms. The van der Waals surface area contributed by atoms with Crippen molar-refractivity contribution in [3.63, 3.8) is 0 Å². The molecule has 0 spiro atoms. The van der Waals surface area contributed by atoms with Crippen molar-refractivity contribution in [2.24, 2.45) is 22.7 Å². The maximum absolute atomic E-state index is 12.9. The molecule has 2 unspecified atom stereocenters. The highest BCUT2D eigenvalue weighted by molar-refractivity contribution is 6.18. The maximum atomic E-state index is 12.9. The number of carbonyl (C=O) groups is 1. The molecular weight excluding hydrogens is 350 g/mol. The van der Waals surface area contributed by atoms with E-state index in [1.54, 1.807) is 0 Å². The number of halogens is 1. The third kappa shape index (κ3) is 1.91. The number of imidazole rings is 1. The SMILES string of the molecule is CCCN1C(=O)N2CCN=C2c2[nH]c(C34CC5CC(CC3C5)C4)nc21.Cl. The van der Waals surface area contributed by atoms with E-state index in [0.29, 0.717) is 13.1 Å². The molecule has 0 saturated heterocycles. The number of anilines is 1. The first-order chi connectivity index (χ1) is 12.2. The van der Waals surface area contributed by atoms with E-state index < -0.39 is 0 Å². The fraction of sp³-hybridized carbons (Fsp3) is 0.737. The normalized spacial score (nSPS) is 36.3. The zero-order valence-electron chi connectivity index (χ0n) is 15.2. The first-order valence-corrected chi connectivity index (χ1v) is 9.94. The first kappa shape index (κ1) is 16.6. The number of urea groups is 1. The highest BCUT2D eigenvalue weighted by atomic mass is 35.5. The molecule has 6 nitrogen and oxygen atoms in total. The average molecular weight is 376 g/mol. The Morgan fingerprint density at radius 3 is 2.73 bits per heavy atom. The molecule has 2 amide bonds. The van der Waals surface area contributed by atoms with Crippen LogP contribution in [0.25, 0.3) is 0 Å². The second-order valence-corrected chi connectivity index (χ2v) is 8.78. The third-order valence-electron chi connectivity index (χ3n) is 7.38. The predicted octanol–water partition coefficient (Wildman–Crippen LogP) is 3.32. The molecule has 4 bridgehead atoms. The highest BCUT2D eigenvalue weighted by Gasteiger charge is 2.60. The lowest BCUT2D eigenvalue weighted by molar-refractivity contribution is 0.228. The van der Waals surface area contributed by atoms with Gasteiger partial charge >= 0.3 is 6.03 Å². The molecule has 26 heavy (non-hydrogen) atoms. The summed E-state index contributed by atoms with van der Waals surface area (Å²) in [6, 6.07) is 0.0541. The Labute approximate surface area is 159 Å². The molecule has 2 aliphatic heterocycles. The number of hydrogen-bond donors (Lipinski definition) is 1. The summed E-state index contributed by atoms with van der Waals surface area (Å²) in [4.78, 5) is 30.0. The molecule has 4 fully saturated rings. The fourth-order valence-electron chi connectivity index (χ4n) is 6.64. The summed E-state index contributed by atoms with van der Waals surface area (Å²) < 4.78 is 0. The number of aromatic nitrogens is 2. The Bertz CT molecular complexity index is 788. The quantitative estimate of drug-likeness (QED) is 0.880. The van der Waals surface area contributed by atoms with E-state index >= 15 is 0 Å². The van der Waals surface area contributed by atoms with Gasteiger partial charge in [-0.1, -0.05) is 6.92 Å². The summed E-state index contributed by atoms with van der Waals surface area (Å²) in [5.74, 6) is 5.39. The van der Waals surface area contributed by atoms with Crippen molar-refractivity contribution in [3.8, 4) is 0 Å². The minimum Gasteiger partial charge on any atom is -0.337 e. The Kier molecular flexibility index (Phi) is 3.49. The Hall–Kier alpha value is -1.56. The van der Waals surface area contributed by atoms with Gasteiger partial charge in [-0.15, -0.1) is 12.4 Å². The van der Waals surface area contributed by atoms with E-state index in [4.69, 9.17) is 4.98 Å². The molecule has 1 aromatic heterocycles. The van der Waals surface area contributed by atoms with Gasteiger partial charge in [-0.2, -0.15) is 0 Å². The van der Waals surface area contributed by atoms with Gasteiger partial charge in [0.15, 0.2) is 11.7 Å². The summed E-state index contributed by atoms with van der Waals surface area (Å²) in [6.07, 6.45) is 7.71. The molecule has 2 atom stereocenters. The van der Waals surface area contributed by atoms with E-state index in [1.165, 1.54) is 32.1 Å². The van der Waals surface area contributed by atoms with Crippen LogP contribution in [0.4, 0.5) is 10.6 Å². The number of nitrogens with one attached hydrogen (secondary N) is 1. The number of amidine groups is 1. The van der Waals surface area contributed by atoms with E-state index in [1.807, 2.05) is 9.80 Å². The van der Waals surface area contributed by atoms with Crippen LogP contribution < -0.4 is 4.90 Å². The second kappa shape index (κ2) is 5.47. The van der Waals surface area contributed by atoms with Gasteiger partial charge in [0.2, 0.25) is 0 Å². The Morgan fingerprint density at radius 2 is 2.00 bits per heavy atom. The van der Waals surface area contributed by atoms with Gasteiger partial charge in [0.1, 0.15) is 11.5 Å². The summed E-state index contributed by atoms with van der Waals surface area (Å²) in [7, 11) is 0. The molecule has 140 valence electrons. The number of amides is 2. The number of nitrogens with zero attached hydrogens (tertiary/aromatic N) is 4. The summed E-state index contributed by atoms with van der Waals surface area (Å²) in [6.45, 7) is 4.23. The van der Waals surface area contributed by atoms with Crippen molar-refractivity contribution in [1.82, 2.24) is 14.9 Å². The summed E-state index contributed by atoms with van der Waals surface area (Å²) in [5.41, 5.74) is 1.23. The lowest BCUT2D eigenvalue weighted by Gasteiger charge is -2.32. The zero-order valence-corrected chi connectivity index (χ0v) is 16.0. The molecule has 6 aliphatic rings. The van der Waals surface area contributed by atoms with Crippen LogP contribution in [0, 0.1) is 17.8 Å². The van der Waals surface area contributed by atoms with Gasteiger partial charge in [-0.3, -0.25) is 14.8 Å². The smallest absolute Gasteiger partial charge is 0.331 e. The van der Waals surface area contributed by atoms with E-state index in [-0.39, 0.29) is 23.9 Å². The van der Waals surface area contributed by atoms with Crippen LogP contribution in [-0.4, -0.2) is 46.4 Å². The first-order valence-electron chi connectivity index (χ1n) is 9.94. The predicted molar refractivity (Wildman–Crippen MR) is 102 cm³/mol. The monoisotopic (exact) mass is 375 g/mol. The van der Waals surface area contributed by atoms with Gasteiger partial charge in [0.05, 0.1) is 6.54 Å². The topological polar surface area (TPSA) is 64.6 Å². The molecule has 0 radical (unpaired) electrons. The Balaban J connectivity index is 0.00000150. The van der Waals surface area contributed by atoms with Crippen LogP contribution >= 0.6 is 12.4 Å². The van der Waals surface area contributed by atoms with Crippen molar-refractivity contribution in [3.05, 3.63) is 11.5 Å². The van der Waals surface area contributed by atoms with Crippen molar-refractivity contribution >= 4 is 30.1 Å². The summed E-state index contributed by atoms with van der Waals surface area (Å²) >= 11 is 0. The second-order valence-electron chi connectivity index (χ2n) is 8.78. The molecule has 4 saturated carbocycles. The number of fused-ring (bicyclic) bond motifs is 3. The van der Waals surface area contributed by atoms with Crippen LogP contribution in [0.1, 0.15) is 57.0 Å². The van der Waals surface area contributed by atoms with Crippen LogP contribution in [0.3, 0.4) is 0 Å². The van der Waals surface area contributed by atoms with Crippen LogP contribution in [0.15, 0.2) is 4.99 Å². The molecule has 0 aromatic carbocycles. The minimum absolute atomic E-state index is 0. The van der Waals surface area contributed by atoms with Gasteiger partial charge < -0.3 is 4.98 Å². The minimum atomic E-state index is 0. The number of aliphatic imine (C=N–C) groups is 1. The third-order valence-corrected chi connectivity index (χ3v) is 7.38. The van der Waals surface area contributed by atoms with Gasteiger partial charge in [0.25, 0.3) is 0 Å².